The van der Waals surface area contributed by atoms with E-state index in [1.54, 1.807) is 48.5 Å². The molecule has 0 spiro atoms. The molecule has 0 fully saturated rings. The molecule has 0 atom stereocenters. The number of nitriles is 2. The van der Waals surface area contributed by atoms with Gasteiger partial charge in [-0.1, -0.05) is 60.7 Å². The number of fused-ring (bicyclic) bond motifs is 2. The molecule has 0 radical (unpaired) electrons. The second kappa shape index (κ2) is 11.2. The van der Waals surface area contributed by atoms with Gasteiger partial charge in [-0.15, -0.1) is 0 Å². The fraction of sp³-hybridized carbons (Fsp3) is 0.0256. The van der Waals surface area contributed by atoms with Crippen molar-refractivity contribution in [2.75, 3.05) is 0 Å². The highest BCUT2D eigenvalue weighted by Gasteiger charge is 2.45. The number of ether oxygens (including phenoxy) is 3. The van der Waals surface area contributed by atoms with Crippen LogP contribution in [-0.4, -0.2) is 0 Å². The van der Waals surface area contributed by atoms with Crippen molar-refractivity contribution >= 4 is 0 Å². The molecule has 0 aliphatic carbocycles. The van der Waals surface area contributed by atoms with E-state index in [-0.39, 0.29) is 0 Å². The lowest BCUT2D eigenvalue weighted by Gasteiger charge is -2.41. The Bertz CT molecular complexity index is 1880. The molecule has 44 heavy (non-hydrogen) atoms. The van der Waals surface area contributed by atoms with E-state index in [0.29, 0.717) is 34.1 Å². The smallest absolute Gasteiger partial charge is 0.132 e. The van der Waals surface area contributed by atoms with Gasteiger partial charge in [-0.2, -0.15) is 10.5 Å². The van der Waals surface area contributed by atoms with Gasteiger partial charge in [0.25, 0.3) is 0 Å². The molecule has 7 rings (SSSR count). The summed E-state index contributed by atoms with van der Waals surface area (Å²) in [5, 5.41) is 18.2. The number of benzene rings is 6. The molecule has 1 aliphatic rings. The molecule has 6 aromatic carbocycles. The molecule has 0 amide bonds. The molecular weight excluding hydrogens is 544 g/mol. The predicted octanol–water partition coefficient (Wildman–Crippen LogP) is 9.50. The maximum absolute atomic E-state index is 9.11. The minimum atomic E-state index is -0.689. The van der Waals surface area contributed by atoms with Crippen molar-refractivity contribution in [3.8, 4) is 46.6 Å². The Balaban J connectivity index is 1.33. The maximum Gasteiger partial charge on any atom is 0.132 e. The molecule has 5 heteroatoms. The summed E-state index contributed by atoms with van der Waals surface area (Å²) in [6.45, 7) is 0. The molecule has 0 bridgehead atoms. The van der Waals surface area contributed by atoms with Crippen LogP contribution in [0.3, 0.4) is 0 Å². The van der Waals surface area contributed by atoms with E-state index in [4.69, 9.17) is 24.7 Å². The van der Waals surface area contributed by atoms with Gasteiger partial charge in [-0.05, 0) is 96.1 Å². The standard InChI is InChI=1S/C39H24N2O3/c40-25-27-9-17-31(18-10-27)42-33-21-13-29(14-22-33)39(35-5-1-3-7-37(35)44-38-8-4-2-6-36(38)39)30-15-23-34(24-16-30)43-32-19-11-28(26-41)12-20-32/h1-24H. The van der Waals surface area contributed by atoms with Gasteiger partial charge in [0.1, 0.15) is 34.5 Å². The third-order valence-corrected chi connectivity index (χ3v) is 7.81. The van der Waals surface area contributed by atoms with Crippen LogP contribution in [0.25, 0.3) is 0 Å². The topological polar surface area (TPSA) is 75.3 Å². The molecule has 0 saturated carbocycles. The van der Waals surface area contributed by atoms with E-state index >= 15 is 0 Å². The van der Waals surface area contributed by atoms with Crippen LogP contribution in [0, 0.1) is 22.7 Å². The van der Waals surface area contributed by atoms with Crippen molar-refractivity contribution < 1.29 is 14.2 Å². The van der Waals surface area contributed by atoms with Crippen molar-refractivity contribution in [2.24, 2.45) is 0 Å². The molecule has 5 nitrogen and oxygen atoms in total. The SMILES string of the molecule is N#Cc1ccc(Oc2ccc(C3(c4ccc(Oc5ccc(C#N)cc5)cc4)c4ccccc4Oc4ccccc43)cc2)cc1. The average molecular weight is 569 g/mol. The fourth-order valence-electron chi connectivity index (χ4n) is 5.80. The summed E-state index contributed by atoms with van der Waals surface area (Å²) in [5.41, 5.74) is 4.63. The molecule has 0 unspecified atom stereocenters. The Morgan fingerprint density at radius 1 is 0.432 bits per heavy atom. The predicted molar refractivity (Wildman–Crippen MR) is 167 cm³/mol. The molecule has 0 N–H and O–H groups in total. The van der Waals surface area contributed by atoms with E-state index < -0.39 is 5.41 Å². The maximum atomic E-state index is 9.11. The summed E-state index contributed by atoms with van der Waals surface area (Å²) in [4.78, 5) is 0. The van der Waals surface area contributed by atoms with Gasteiger partial charge in [-0.3, -0.25) is 0 Å². The highest BCUT2D eigenvalue weighted by Crippen LogP contribution is 2.55. The summed E-state index contributed by atoms with van der Waals surface area (Å²) in [6.07, 6.45) is 0. The summed E-state index contributed by atoms with van der Waals surface area (Å²) < 4.78 is 18.7. The normalized spacial score (nSPS) is 12.4. The summed E-state index contributed by atoms with van der Waals surface area (Å²) in [5.74, 6) is 4.28. The van der Waals surface area contributed by atoms with Gasteiger partial charge in [-0.25, -0.2) is 0 Å². The van der Waals surface area contributed by atoms with Gasteiger partial charge in [0.15, 0.2) is 0 Å². The molecule has 1 heterocycles. The van der Waals surface area contributed by atoms with Gasteiger partial charge in [0.2, 0.25) is 0 Å². The van der Waals surface area contributed by atoms with Crippen LogP contribution in [0.15, 0.2) is 146 Å². The third kappa shape index (κ3) is 4.69. The summed E-state index contributed by atoms with van der Waals surface area (Å²) in [7, 11) is 0. The summed E-state index contributed by atoms with van der Waals surface area (Å²) in [6, 6.07) is 51.0. The molecular formula is C39H24N2O3. The van der Waals surface area contributed by atoms with Crippen LogP contribution >= 0.6 is 0 Å². The number of hydrogen-bond acceptors (Lipinski definition) is 5. The van der Waals surface area contributed by atoms with Crippen LogP contribution < -0.4 is 14.2 Å². The highest BCUT2D eigenvalue weighted by atomic mass is 16.5. The van der Waals surface area contributed by atoms with Gasteiger partial charge < -0.3 is 14.2 Å². The quantitative estimate of drug-likeness (QED) is 0.200. The first-order valence-electron chi connectivity index (χ1n) is 14.1. The lowest BCUT2D eigenvalue weighted by Crippen LogP contribution is -2.34. The zero-order valence-corrected chi connectivity index (χ0v) is 23.5. The van der Waals surface area contributed by atoms with Crippen molar-refractivity contribution in [3.63, 3.8) is 0 Å². The van der Waals surface area contributed by atoms with E-state index in [1.807, 2.05) is 60.7 Å². The molecule has 1 aliphatic heterocycles. The second-order valence-corrected chi connectivity index (χ2v) is 10.4. The number of rotatable bonds is 6. The second-order valence-electron chi connectivity index (χ2n) is 10.4. The lowest BCUT2D eigenvalue weighted by molar-refractivity contribution is 0.434. The van der Waals surface area contributed by atoms with Crippen LogP contribution in [0.2, 0.25) is 0 Å². The molecule has 6 aromatic rings. The van der Waals surface area contributed by atoms with Gasteiger partial charge >= 0.3 is 0 Å². The van der Waals surface area contributed by atoms with Crippen molar-refractivity contribution in [1.29, 1.82) is 10.5 Å². The average Bonchev–Trinajstić information content (AvgIpc) is 3.09. The Kier molecular flexibility index (Phi) is 6.75. The van der Waals surface area contributed by atoms with Crippen LogP contribution in [0.5, 0.6) is 34.5 Å². The Hall–Kier alpha value is -6.30. The van der Waals surface area contributed by atoms with Crippen LogP contribution in [0.1, 0.15) is 33.4 Å². The largest absolute Gasteiger partial charge is 0.457 e. The van der Waals surface area contributed by atoms with Crippen molar-refractivity contribution in [1.82, 2.24) is 0 Å². The van der Waals surface area contributed by atoms with Gasteiger partial charge in [0.05, 0.1) is 28.7 Å². The van der Waals surface area contributed by atoms with E-state index in [0.717, 1.165) is 33.8 Å². The van der Waals surface area contributed by atoms with E-state index in [1.165, 1.54) is 0 Å². The number of para-hydroxylation sites is 2. The first kappa shape index (κ1) is 26.6. The van der Waals surface area contributed by atoms with Crippen molar-refractivity contribution in [2.45, 2.75) is 5.41 Å². The molecule has 0 aromatic heterocycles. The molecule has 0 saturated heterocycles. The van der Waals surface area contributed by atoms with Crippen LogP contribution in [-0.2, 0) is 5.41 Å². The zero-order valence-electron chi connectivity index (χ0n) is 23.5. The zero-order chi connectivity index (χ0) is 29.9. The Morgan fingerprint density at radius 2 is 0.773 bits per heavy atom. The Morgan fingerprint density at radius 3 is 1.14 bits per heavy atom. The minimum Gasteiger partial charge on any atom is -0.457 e. The van der Waals surface area contributed by atoms with Crippen molar-refractivity contribution in [3.05, 3.63) is 179 Å². The summed E-state index contributed by atoms with van der Waals surface area (Å²) >= 11 is 0. The highest BCUT2D eigenvalue weighted by molar-refractivity contribution is 5.69. The number of hydrogen-bond donors (Lipinski definition) is 0. The minimum absolute atomic E-state index is 0.583. The first-order chi connectivity index (χ1) is 21.7. The van der Waals surface area contributed by atoms with Gasteiger partial charge in [0, 0.05) is 11.1 Å². The lowest BCUT2D eigenvalue weighted by atomic mass is 9.63. The van der Waals surface area contributed by atoms with Crippen LogP contribution in [0.4, 0.5) is 0 Å². The number of nitrogens with zero attached hydrogens (tertiary/aromatic N) is 2. The first-order valence-corrected chi connectivity index (χ1v) is 14.1. The Labute approximate surface area is 255 Å². The molecule has 208 valence electrons. The van der Waals surface area contributed by atoms with E-state index in [9.17, 15) is 0 Å². The third-order valence-electron chi connectivity index (χ3n) is 7.81. The fourth-order valence-corrected chi connectivity index (χ4v) is 5.80. The van der Waals surface area contributed by atoms with E-state index in [2.05, 4.69) is 48.5 Å². The monoisotopic (exact) mass is 568 g/mol.